The number of rotatable bonds is 3. The van der Waals surface area contributed by atoms with Gasteiger partial charge in [0.05, 0.1) is 22.4 Å². The van der Waals surface area contributed by atoms with Gasteiger partial charge in [-0.1, -0.05) is 0 Å². The van der Waals surface area contributed by atoms with Gasteiger partial charge in [-0.3, -0.25) is 9.97 Å². The van der Waals surface area contributed by atoms with Gasteiger partial charge in [-0.05, 0) is 50.6 Å². The minimum Gasteiger partial charge on any atom is -0.303 e. The van der Waals surface area contributed by atoms with Gasteiger partial charge >= 0.3 is 0 Å². The third kappa shape index (κ3) is 2.61. The molecule has 5 aromatic heterocycles. The Bertz CT molecular complexity index is 1300. The van der Waals surface area contributed by atoms with Gasteiger partial charge in [-0.15, -0.1) is 0 Å². The fourth-order valence-corrected chi connectivity index (χ4v) is 3.57. The molecule has 27 heavy (non-hydrogen) atoms. The molecular weight excluding hydrogens is 336 g/mol. The molecule has 0 aromatic carbocycles. The fourth-order valence-electron chi connectivity index (χ4n) is 3.57. The molecule has 6 heteroatoms. The van der Waals surface area contributed by atoms with Crippen LogP contribution in [0.25, 0.3) is 27.6 Å². The molecule has 0 atom stereocenters. The van der Waals surface area contributed by atoms with Crippen LogP contribution in [-0.2, 0) is 12.8 Å². The Kier molecular flexibility index (Phi) is 3.57. The first-order valence-electron chi connectivity index (χ1n) is 9.00. The van der Waals surface area contributed by atoms with Crippen LogP contribution in [0.2, 0.25) is 0 Å². The zero-order valence-electron chi connectivity index (χ0n) is 15.2. The van der Waals surface area contributed by atoms with Crippen LogP contribution in [0.3, 0.4) is 0 Å². The zero-order valence-corrected chi connectivity index (χ0v) is 15.2. The number of hydrogen-bond acceptors (Lipinski definition) is 5. The molecule has 5 aromatic rings. The Morgan fingerprint density at radius 3 is 2.63 bits per heavy atom. The van der Waals surface area contributed by atoms with Crippen molar-refractivity contribution in [1.29, 1.82) is 0 Å². The van der Waals surface area contributed by atoms with Gasteiger partial charge in [0.1, 0.15) is 17.0 Å². The highest BCUT2D eigenvalue weighted by molar-refractivity contribution is 5.91. The molecule has 0 saturated heterocycles. The van der Waals surface area contributed by atoms with E-state index < -0.39 is 0 Å². The van der Waals surface area contributed by atoms with Crippen LogP contribution in [0, 0.1) is 13.8 Å². The highest BCUT2D eigenvalue weighted by Crippen LogP contribution is 2.21. The summed E-state index contributed by atoms with van der Waals surface area (Å²) in [6.45, 7) is 4.09. The first-order valence-corrected chi connectivity index (χ1v) is 9.00. The van der Waals surface area contributed by atoms with Crippen LogP contribution in [0.4, 0.5) is 0 Å². The molecule has 0 aliphatic rings. The van der Waals surface area contributed by atoms with E-state index in [1.54, 1.807) is 6.20 Å². The van der Waals surface area contributed by atoms with E-state index in [0.29, 0.717) is 0 Å². The number of hydrogen-bond donors (Lipinski definition) is 0. The molecule has 0 amide bonds. The van der Waals surface area contributed by atoms with Gasteiger partial charge in [0, 0.05) is 36.1 Å². The molecule has 6 nitrogen and oxygen atoms in total. The van der Waals surface area contributed by atoms with Crippen molar-refractivity contribution in [1.82, 2.24) is 29.3 Å². The maximum Gasteiger partial charge on any atom is 0.146 e. The second kappa shape index (κ2) is 6.09. The third-order valence-corrected chi connectivity index (χ3v) is 4.97. The molecule has 0 saturated carbocycles. The van der Waals surface area contributed by atoms with Gasteiger partial charge in [-0.2, -0.15) is 0 Å². The standard InChI is InChI=1S/C21H18N6/c1-13-20-18(6-4-11-23-20)25-19(24-13)8-7-16-14(2)27-12-9-17-15(21(27)26-16)5-3-10-22-17/h3-6,9-12H,7-8H2,1-2H3. The molecule has 0 fully saturated rings. The van der Waals surface area contributed by atoms with Gasteiger partial charge in [0.25, 0.3) is 0 Å². The van der Waals surface area contributed by atoms with E-state index in [1.165, 1.54) is 0 Å². The van der Waals surface area contributed by atoms with Crippen molar-refractivity contribution in [2.24, 2.45) is 0 Å². The van der Waals surface area contributed by atoms with E-state index in [-0.39, 0.29) is 0 Å². The van der Waals surface area contributed by atoms with Crippen LogP contribution in [0.1, 0.15) is 22.9 Å². The molecule has 132 valence electrons. The van der Waals surface area contributed by atoms with Crippen LogP contribution in [0.15, 0.2) is 48.9 Å². The van der Waals surface area contributed by atoms with E-state index in [1.807, 2.05) is 43.6 Å². The summed E-state index contributed by atoms with van der Waals surface area (Å²) in [5.41, 5.74) is 6.80. The van der Waals surface area contributed by atoms with E-state index in [0.717, 1.165) is 63.3 Å². The van der Waals surface area contributed by atoms with Crippen molar-refractivity contribution in [3.05, 3.63) is 71.8 Å². The van der Waals surface area contributed by atoms with Crippen molar-refractivity contribution in [3.63, 3.8) is 0 Å². The molecule has 0 unspecified atom stereocenters. The maximum absolute atomic E-state index is 4.90. The van der Waals surface area contributed by atoms with Crippen molar-refractivity contribution in [3.8, 4) is 0 Å². The van der Waals surface area contributed by atoms with Crippen molar-refractivity contribution >= 4 is 27.6 Å². The molecule has 0 aliphatic carbocycles. The number of pyridine rings is 3. The summed E-state index contributed by atoms with van der Waals surface area (Å²) >= 11 is 0. The summed E-state index contributed by atoms with van der Waals surface area (Å²) < 4.78 is 2.13. The van der Waals surface area contributed by atoms with E-state index in [9.17, 15) is 0 Å². The van der Waals surface area contributed by atoms with Crippen LogP contribution in [0.5, 0.6) is 0 Å². The monoisotopic (exact) mass is 354 g/mol. The lowest BCUT2D eigenvalue weighted by Crippen LogP contribution is -2.02. The number of aryl methyl sites for hydroxylation is 4. The minimum absolute atomic E-state index is 0.743. The van der Waals surface area contributed by atoms with Crippen molar-refractivity contribution in [2.45, 2.75) is 26.7 Å². The number of nitrogens with zero attached hydrogens (tertiary/aromatic N) is 6. The molecule has 0 radical (unpaired) electrons. The Morgan fingerprint density at radius 2 is 1.70 bits per heavy atom. The highest BCUT2D eigenvalue weighted by atomic mass is 15.0. The Morgan fingerprint density at radius 1 is 0.852 bits per heavy atom. The van der Waals surface area contributed by atoms with Gasteiger partial charge in [-0.25, -0.2) is 15.0 Å². The Hall–Kier alpha value is -3.41. The second-order valence-corrected chi connectivity index (χ2v) is 6.69. The van der Waals surface area contributed by atoms with Gasteiger partial charge < -0.3 is 4.40 Å². The largest absolute Gasteiger partial charge is 0.303 e. The Labute approximate surface area is 156 Å². The minimum atomic E-state index is 0.743. The van der Waals surface area contributed by atoms with Gasteiger partial charge in [0.15, 0.2) is 0 Å². The van der Waals surface area contributed by atoms with E-state index in [4.69, 9.17) is 4.98 Å². The van der Waals surface area contributed by atoms with Crippen LogP contribution < -0.4 is 0 Å². The lowest BCUT2D eigenvalue weighted by atomic mass is 10.2. The summed E-state index contributed by atoms with van der Waals surface area (Å²) in [6.07, 6.45) is 7.16. The molecule has 5 heterocycles. The lowest BCUT2D eigenvalue weighted by molar-refractivity contribution is 0.835. The first kappa shape index (κ1) is 15.8. The number of aromatic nitrogens is 6. The summed E-state index contributed by atoms with van der Waals surface area (Å²) in [7, 11) is 0. The average Bonchev–Trinajstić information content (AvgIpc) is 3.03. The fraction of sp³-hybridized carbons (Fsp3) is 0.190. The SMILES string of the molecule is Cc1nc(CCc2nc3c4cccnc4ccn3c2C)nc2cccnc12. The predicted octanol–water partition coefficient (Wildman–Crippen LogP) is 3.62. The van der Waals surface area contributed by atoms with E-state index >= 15 is 0 Å². The number of imidazole rings is 1. The third-order valence-electron chi connectivity index (χ3n) is 4.97. The quantitative estimate of drug-likeness (QED) is 0.495. The summed E-state index contributed by atoms with van der Waals surface area (Å²) in [5.74, 6) is 0.830. The molecule has 0 N–H and O–H groups in total. The maximum atomic E-state index is 4.90. The molecule has 5 rings (SSSR count). The van der Waals surface area contributed by atoms with Gasteiger partial charge in [0.2, 0.25) is 0 Å². The van der Waals surface area contributed by atoms with Crippen LogP contribution >= 0.6 is 0 Å². The van der Waals surface area contributed by atoms with E-state index in [2.05, 4.69) is 37.3 Å². The lowest BCUT2D eigenvalue weighted by Gasteiger charge is -2.04. The summed E-state index contributed by atoms with van der Waals surface area (Å²) in [6, 6.07) is 9.94. The summed E-state index contributed by atoms with van der Waals surface area (Å²) in [5, 5.41) is 1.07. The Balaban J connectivity index is 1.52. The van der Waals surface area contributed by atoms with Crippen molar-refractivity contribution < 1.29 is 0 Å². The molecule has 0 spiro atoms. The second-order valence-electron chi connectivity index (χ2n) is 6.69. The zero-order chi connectivity index (χ0) is 18.4. The van der Waals surface area contributed by atoms with Crippen LogP contribution in [-0.4, -0.2) is 29.3 Å². The number of fused-ring (bicyclic) bond motifs is 4. The normalized spacial score (nSPS) is 11.6. The van der Waals surface area contributed by atoms with Crippen molar-refractivity contribution in [2.75, 3.05) is 0 Å². The smallest absolute Gasteiger partial charge is 0.146 e. The summed E-state index contributed by atoms with van der Waals surface area (Å²) in [4.78, 5) is 23.0. The first-order chi connectivity index (χ1) is 13.2. The molecule has 0 aliphatic heterocycles. The predicted molar refractivity (Wildman–Crippen MR) is 105 cm³/mol. The average molecular weight is 354 g/mol. The highest BCUT2D eigenvalue weighted by Gasteiger charge is 2.13. The topological polar surface area (TPSA) is 68.9 Å². The molecular formula is C21H18N6. The molecule has 0 bridgehead atoms.